The summed E-state index contributed by atoms with van der Waals surface area (Å²) in [5.74, 6) is -0.272. The summed E-state index contributed by atoms with van der Waals surface area (Å²) >= 11 is 4.95. The van der Waals surface area contributed by atoms with Crippen LogP contribution in [0.5, 0.6) is 5.75 Å². The number of hydrogen-bond acceptors (Lipinski definition) is 3. The highest BCUT2D eigenvalue weighted by atomic mass is 127. The number of carbonyl (C=O) groups is 1. The summed E-state index contributed by atoms with van der Waals surface area (Å²) < 4.78 is 0.578. The van der Waals surface area contributed by atoms with Crippen molar-refractivity contribution in [1.82, 2.24) is 0 Å². The monoisotopic (exact) mass is 365 g/mol. The third-order valence-electron chi connectivity index (χ3n) is 1.62. The molecule has 72 valence electrons. The number of nitriles is 1. The van der Waals surface area contributed by atoms with Crippen LogP contribution in [0, 0.1) is 14.9 Å². The minimum absolute atomic E-state index is 0.122. The summed E-state index contributed by atoms with van der Waals surface area (Å²) in [5.41, 5.74) is 0.611. The molecule has 14 heavy (non-hydrogen) atoms. The molecule has 0 aliphatic heterocycles. The van der Waals surface area contributed by atoms with Crippen LogP contribution in [0.1, 0.15) is 15.9 Å². The standard InChI is InChI=1S/C9H5BrINO2/c10-3-9(14)5-1-7(11)6(4-12)8(13)2-5/h1-2,13H,3H2. The largest absolute Gasteiger partial charge is 0.507 e. The van der Waals surface area contributed by atoms with E-state index in [1.807, 2.05) is 28.7 Å². The first kappa shape index (κ1) is 11.5. The molecule has 0 radical (unpaired) electrons. The zero-order valence-corrected chi connectivity index (χ0v) is 10.7. The molecule has 1 aromatic rings. The van der Waals surface area contributed by atoms with Gasteiger partial charge in [-0.15, -0.1) is 0 Å². The third-order valence-corrected chi connectivity index (χ3v) is 2.98. The van der Waals surface area contributed by atoms with E-state index in [-0.39, 0.29) is 22.4 Å². The Bertz CT molecular complexity index is 402. The molecule has 0 heterocycles. The normalized spacial score (nSPS) is 9.50. The molecule has 0 aliphatic rings. The molecule has 0 aliphatic carbocycles. The molecule has 0 atom stereocenters. The molecule has 0 saturated carbocycles. The molecule has 0 fully saturated rings. The molecular formula is C9H5BrINO2. The maximum atomic E-state index is 11.3. The van der Waals surface area contributed by atoms with Gasteiger partial charge in [0.05, 0.1) is 5.33 Å². The topological polar surface area (TPSA) is 61.1 Å². The number of phenols is 1. The van der Waals surface area contributed by atoms with Crippen LogP contribution in [-0.4, -0.2) is 16.2 Å². The first-order valence-corrected chi connectivity index (χ1v) is 5.82. The number of carbonyl (C=O) groups excluding carboxylic acids is 1. The minimum atomic E-state index is -0.149. The number of alkyl halides is 1. The predicted molar refractivity (Wildman–Crippen MR) is 63.7 cm³/mol. The lowest BCUT2D eigenvalue weighted by atomic mass is 10.1. The van der Waals surface area contributed by atoms with Gasteiger partial charge in [-0.05, 0) is 34.7 Å². The van der Waals surface area contributed by atoms with Crippen LogP contribution in [0.25, 0.3) is 0 Å². The fraction of sp³-hybridized carbons (Fsp3) is 0.111. The first-order chi connectivity index (χ1) is 6.60. The quantitative estimate of drug-likeness (QED) is 0.497. The van der Waals surface area contributed by atoms with Crippen molar-refractivity contribution in [3.8, 4) is 11.8 Å². The number of benzene rings is 1. The third kappa shape index (κ3) is 2.25. The van der Waals surface area contributed by atoms with Crippen molar-refractivity contribution in [1.29, 1.82) is 5.26 Å². The highest BCUT2D eigenvalue weighted by Crippen LogP contribution is 2.24. The van der Waals surface area contributed by atoms with Crippen LogP contribution in [0.4, 0.5) is 0 Å². The Morgan fingerprint density at radius 3 is 2.71 bits per heavy atom. The molecule has 1 rings (SSSR count). The van der Waals surface area contributed by atoms with Gasteiger partial charge in [-0.25, -0.2) is 0 Å². The lowest BCUT2D eigenvalue weighted by Crippen LogP contribution is -2.01. The Kier molecular flexibility index (Phi) is 3.89. The number of phenolic OH excluding ortho intramolecular Hbond substituents is 1. The van der Waals surface area contributed by atoms with Crippen LogP contribution in [0.3, 0.4) is 0 Å². The van der Waals surface area contributed by atoms with Gasteiger partial charge < -0.3 is 5.11 Å². The van der Waals surface area contributed by atoms with E-state index in [9.17, 15) is 9.90 Å². The lowest BCUT2D eigenvalue weighted by molar-refractivity contribution is 0.102. The maximum Gasteiger partial charge on any atom is 0.173 e. The second kappa shape index (κ2) is 4.75. The van der Waals surface area contributed by atoms with Crippen molar-refractivity contribution in [3.63, 3.8) is 0 Å². The number of halogens is 2. The molecule has 1 aromatic carbocycles. The summed E-state index contributed by atoms with van der Waals surface area (Å²) in [6, 6.07) is 4.76. The smallest absolute Gasteiger partial charge is 0.173 e. The Morgan fingerprint density at radius 1 is 1.64 bits per heavy atom. The van der Waals surface area contributed by atoms with E-state index < -0.39 is 0 Å². The van der Waals surface area contributed by atoms with Crippen molar-refractivity contribution >= 4 is 44.3 Å². The fourth-order valence-corrected chi connectivity index (χ4v) is 2.00. The number of Topliss-reactive ketones (excluding diaryl/α,β-unsaturated/α-hetero) is 1. The van der Waals surface area contributed by atoms with E-state index in [2.05, 4.69) is 15.9 Å². The molecule has 5 heteroatoms. The highest BCUT2D eigenvalue weighted by molar-refractivity contribution is 14.1. The minimum Gasteiger partial charge on any atom is -0.507 e. The van der Waals surface area contributed by atoms with Crippen molar-refractivity contribution < 1.29 is 9.90 Å². The zero-order chi connectivity index (χ0) is 10.7. The van der Waals surface area contributed by atoms with Gasteiger partial charge in [-0.3, -0.25) is 4.79 Å². The molecule has 0 saturated heterocycles. The van der Waals surface area contributed by atoms with E-state index in [0.717, 1.165) is 0 Å². The summed E-state index contributed by atoms with van der Waals surface area (Å²) in [4.78, 5) is 11.3. The zero-order valence-electron chi connectivity index (χ0n) is 6.92. The summed E-state index contributed by atoms with van der Waals surface area (Å²) in [5, 5.41) is 18.3. The van der Waals surface area contributed by atoms with Gasteiger partial charge in [-0.1, -0.05) is 15.9 Å². The predicted octanol–water partition coefficient (Wildman–Crippen LogP) is 2.45. The summed E-state index contributed by atoms with van der Waals surface area (Å²) in [6.07, 6.45) is 0. The van der Waals surface area contributed by atoms with Crippen molar-refractivity contribution in [2.75, 3.05) is 5.33 Å². The van der Waals surface area contributed by atoms with E-state index >= 15 is 0 Å². The van der Waals surface area contributed by atoms with Crippen molar-refractivity contribution in [2.24, 2.45) is 0 Å². The number of rotatable bonds is 2. The van der Waals surface area contributed by atoms with Crippen LogP contribution >= 0.6 is 38.5 Å². The number of hydrogen-bond donors (Lipinski definition) is 1. The van der Waals surface area contributed by atoms with Crippen LogP contribution in [0.2, 0.25) is 0 Å². The van der Waals surface area contributed by atoms with Crippen molar-refractivity contribution in [2.45, 2.75) is 0 Å². The van der Waals surface area contributed by atoms with Crippen LogP contribution in [0.15, 0.2) is 12.1 Å². The molecule has 1 N–H and O–H groups in total. The van der Waals surface area contributed by atoms with Gasteiger partial charge >= 0.3 is 0 Å². The number of nitrogens with zero attached hydrogens (tertiary/aromatic N) is 1. The molecule has 0 amide bonds. The summed E-state index contributed by atoms with van der Waals surface area (Å²) in [7, 11) is 0. The van der Waals surface area contributed by atoms with Gasteiger partial charge in [0, 0.05) is 9.13 Å². The SMILES string of the molecule is N#Cc1c(O)cc(C(=O)CBr)cc1I. The molecule has 3 nitrogen and oxygen atoms in total. The van der Waals surface area contributed by atoms with E-state index in [1.165, 1.54) is 6.07 Å². The van der Waals surface area contributed by atoms with Crippen LogP contribution in [-0.2, 0) is 0 Å². The highest BCUT2D eigenvalue weighted by Gasteiger charge is 2.11. The van der Waals surface area contributed by atoms with Gasteiger partial charge in [0.25, 0.3) is 0 Å². The lowest BCUT2D eigenvalue weighted by Gasteiger charge is -2.02. The van der Waals surface area contributed by atoms with Crippen molar-refractivity contribution in [3.05, 3.63) is 26.8 Å². The Morgan fingerprint density at radius 2 is 2.29 bits per heavy atom. The average Bonchev–Trinajstić information content (AvgIpc) is 2.16. The van der Waals surface area contributed by atoms with E-state index in [0.29, 0.717) is 9.13 Å². The van der Waals surface area contributed by atoms with E-state index in [4.69, 9.17) is 5.26 Å². The Labute approximate surface area is 103 Å². The maximum absolute atomic E-state index is 11.3. The molecule has 0 aromatic heterocycles. The molecule has 0 unspecified atom stereocenters. The Hall–Kier alpha value is -0.610. The van der Waals surface area contributed by atoms with Gasteiger partial charge in [-0.2, -0.15) is 5.26 Å². The first-order valence-electron chi connectivity index (χ1n) is 3.62. The fourth-order valence-electron chi connectivity index (χ4n) is 0.941. The molecule has 0 spiro atoms. The number of ketones is 1. The van der Waals surface area contributed by atoms with Gasteiger partial charge in [0.1, 0.15) is 17.4 Å². The van der Waals surface area contributed by atoms with Gasteiger partial charge in [0.15, 0.2) is 5.78 Å². The average molecular weight is 366 g/mol. The second-order valence-electron chi connectivity index (χ2n) is 2.52. The Balaban J connectivity index is 3.29. The molecular weight excluding hydrogens is 361 g/mol. The van der Waals surface area contributed by atoms with Gasteiger partial charge in [0.2, 0.25) is 0 Å². The molecule has 0 bridgehead atoms. The second-order valence-corrected chi connectivity index (χ2v) is 4.24. The summed E-state index contributed by atoms with van der Waals surface area (Å²) in [6.45, 7) is 0. The number of aromatic hydroxyl groups is 1. The van der Waals surface area contributed by atoms with Crippen LogP contribution < -0.4 is 0 Å². The van der Waals surface area contributed by atoms with E-state index in [1.54, 1.807) is 6.07 Å².